The van der Waals surface area contributed by atoms with Crippen molar-refractivity contribution in [2.24, 2.45) is 10.2 Å². The molecule has 0 amide bonds. The van der Waals surface area contributed by atoms with Crippen LogP contribution in [0.15, 0.2) is 67.4 Å². The lowest BCUT2D eigenvalue weighted by atomic mass is 10.1. The lowest BCUT2D eigenvalue weighted by Gasteiger charge is -2.11. The topological polar surface area (TPSA) is 295 Å². The van der Waals surface area contributed by atoms with Crippen molar-refractivity contribution in [1.29, 1.82) is 0 Å². The molecule has 0 bridgehead atoms. The van der Waals surface area contributed by atoms with Gasteiger partial charge in [0.05, 0.1) is 22.2 Å². The number of non-ortho nitro benzene ring substituents is 1. The van der Waals surface area contributed by atoms with Gasteiger partial charge < -0.3 is 5.11 Å². The first-order chi connectivity index (χ1) is 18.2. The van der Waals surface area contributed by atoms with E-state index in [1.807, 2.05) is 0 Å². The summed E-state index contributed by atoms with van der Waals surface area (Å²) in [6, 6.07) is 5.45. The number of nitro benzene ring substituents is 1. The minimum Gasteiger partial charge on any atom is -0.505 e. The van der Waals surface area contributed by atoms with E-state index in [0.29, 0.717) is 12.1 Å². The van der Waals surface area contributed by atoms with Gasteiger partial charge in [0.15, 0.2) is 15.6 Å². The van der Waals surface area contributed by atoms with Gasteiger partial charge in [0.2, 0.25) is 0 Å². The first kappa shape index (κ1) is 30.9. The molecule has 0 unspecified atom stereocenters. The van der Waals surface area contributed by atoms with Gasteiger partial charge in [-0.3, -0.25) is 23.8 Å². The van der Waals surface area contributed by atoms with Crippen LogP contribution in [-0.4, -0.2) is 69.7 Å². The Hall–Kier alpha value is -3.64. The summed E-state index contributed by atoms with van der Waals surface area (Å²) in [6.45, 7) is -0.964. The molecule has 40 heavy (non-hydrogen) atoms. The Labute approximate surface area is 225 Å². The summed E-state index contributed by atoms with van der Waals surface area (Å²) in [5.41, 5.74) is -2.43. The average molecular weight is 642 g/mol. The van der Waals surface area contributed by atoms with Gasteiger partial charge in [-0.25, -0.2) is 12.6 Å². The fraction of sp³-hybridized carbons (Fsp3) is 0.111. The van der Waals surface area contributed by atoms with Crippen molar-refractivity contribution in [3.05, 3.63) is 52.6 Å². The Morgan fingerprint density at radius 1 is 0.825 bits per heavy atom. The maximum absolute atomic E-state index is 12.5. The highest BCUT2D eigenvalue weighted by atomic mass is 32.3. The van der Waals surface area contributed by atoms with Gasteiger partial charge in [-0.15, -0.1) is 10.2 Å². The molecular weight excluding hydrogens is 626 g/mol. The number of nitro groups is 1. The highest BCUT2D eigenvalue weighted by Crippen LogP contribution is 2.42. The minimum absolute atomic E-state index is 0.242. The fourth-order valence-electron chi connectivity index (χ4n) is 3.19. The zero-order chi connectivity index (χ0) is 30.3. The molecule has 3 aromatic rings. The van der Waals surface area contributed by atoms with E-state index < -0.39 is 95.3 Å². The average Bonchev–Trinajstić information content (AvgIpc) is 2.80. The van der Waals surface area contributed by atoms with E-state index in [-0.39, 0.29) is 10.8 Å². The quantitative estimate of drug-likeness (QED) is 0.106. The van der Waals surface area contributed by atoms with E-state index in [2.05, 4.69) is 14.4 Å². The molecule has 0 aromatic heterocycles. The van der Waals surface area contributed by atoms with E-state index in [1.54, 1.807) is 0 Å². The van der Waals surface area contributed by atoms with Crippen molar-refractivity contribution in [3.63, 3.8) is 0 Å². The third kappa shape index (κ3) is 7.11. The van der Waals surface area contributed by atoms with Crippen LogP contribution in [0.3, 0.4) is 0 Å². The van der Waals surface area contributed by atoms with Gasteiger partial charge >= 0.3 is 10.4 Å². The van der Waals surface area contributed by atoms with E-state index in [9.17, 15) is 58.0 Å². The van der Waals surface area contributed by atoms with Crippen LogP contribution >= 0.6 is 0 Å². The van der Waals surface area contributed by atoms with E-state index in [1.165, 1.54) is 0 Å². The highest BCUT2D eigenvalue weighted by molar-refractivity contribution is 7.91. The molecule has 216 valence electrons. The van der Waals surface area contributed by atoms with Gasteiger partial charge in [0.1, 0.15) is 21.2 Å². The van der Waals surface area contributed by atoms with Crippen LogP contribution in [0.25, 0.3) is 10.8 Å². The Morgan fingerprint density at radius 3 is 2.00 bits per heavy atom. The van der Waals surface area contributed by atoms with Crippen LogP contribution in [0, 0.1) is 10.1 Å². The molecule has 0 aliphatic carbocycles. The summed E-state index contributed by atoms with van der Waals surface area (Å²) in [5, 5.41) is 28.0. The van der Waals surface area contributed by atoms with E-state index in [0.717, 1.165) is 30.3 Å². The van der Waals surface area contributed by atoms with Crippen molar-refractivity contribution < 1.29 is 61.5 Å². The Balaban J connectivity index is 2.17. The summed E-state index contributed by atoms with van der Waals surface area (Å²) in [5.74, 6) is -1.92. The van der Waals surface area contributed by atoms with Gasteiger partial charge in [0.25, 0.3) is 25.9 Å². The molecule has 0 spiro atoms. The molecule has 0 radical (unpaired) electrons. The predicted octanol–water partition coefficient (Wildman–Crippen LogP) is 1.96. The van der Waals surface area contributed by atoms with Crippen LogP contribution in [0.2, 0.25) is 0 Å². The molecule has 3 aromatic carbocycles. The zero-order valence-electron chi connectivity index (χ0n) is 19.2. The first-order valence-corrected chi connectivity index (χ1v) is 15.9. The summed E-state index contributed by atoms with van der Waals surface area (Å²) < 4.78 is 125. The summed E-state index contributed by atoms with van der Waals surface area (Å²) in [4.78, 5) is 7.25. The number of hydrogen-bond donors (Lipinski definition) is 4. The predicted molar refractivity (Wildman–Crippen MR) is 132 cm³/mol. The van der Waals surface area contributed by atoms with Crippen LogP contribution in [0.5, 0.6) is 5.75 Å². The van der Waals surface area contributed by atoms with Crippen LogP contribution in [0.1, 0.15) is 0 Å². The molecule has 0 saturated heterocycles. The lowest BCUT2D eigenvalue weighted by Crippen LogP contribution is -2.15. The second-order valence-electron chi connectivity index (χ2n) is 7.58. The Kier molecular flexibility index (Phi) is 8.29. The molecule has 0 aliphatic rings. The SMILES string of the molecule is O=[N+]([O-])c1ccc(N=Nc2c(S(=O)(=O)O)cc3cc(S(=O)(=O)CCOS(=O)(=O)O)ccc3c2O)c(S(=O)(=O)O)c1. The Bertz CT molecular complexity index is 2000. The molecule has 4 N–H and O–H groups in total. The molecule has 0 heterocycles. The number of fused-ring (bicyclic) bond motifs is 1. The molecule has 18 nitrogen and oxygen atoms in total. The van der Waals surface area contributed by atoms with E-state index in [4.69, 9.17) is 4.55 Å². The van der Waals surface area contributed by atoms with Crippen LogP contribution in [0.4, 0.5) is 17.1 Å². The zero-order valence-corrected chi connectivity index (χ0v) is 22.5. The smallest absolute Gasteiger partial charge is 0.397 e. The summed E-state index contributed by atoms with van der Waals surface area (Å²) in [6.07, 6.45) is 0. The maximum atomic E-state index is 12.5. The Morgan fingerprint density at radius 2 is 1.45 bits per heavy atom. The highest BCUT2D eigenvalue weighted by Gasteiger charge is 2.25. The lowest BCUT2D eigenvalue weighted by molar-refractivity contribution is -0.385. The number of benzene rings is 3. The van der Waals surface area contributed by atoms with Gasteiger partial charge in [-0.2, -0.15) is 25.3 Å². The number of aromatic hydroxyl groups is 1. The van der Waals surface area contributed by atoms with Crippen molar-refractivity contribution in [2.75, 3.05) is 12.4 Å². The van der Waals surface area contributed by atoms with Gasteiger partial charge in [-0.05, 0) is 35.7 Å². The maximum Gasteiger partial charge on any atom is 0.397 e. The number of hydrogen-bond acceptors (Lipinski definition) is 14. The second kappa shape index (κ2) is 10.7. The first-order valence-electron chi connectivity index (χ1n) is 10.0. The van der Waals surface area contributed by atoms with Gasteiger partial charge in [-0.1, -0.05) is 0 Å². The van der Waals surface area contributed by atoms with Crippen molar-refractivity contribution in [2.45, 2.75) is 14.7 Å². The molecule has 22 heteroatoms. The number of phenols is 1. The summed E-state index contributed by atoms with van der Waals surface area (Å²) in [7, 11) is -19.5. The molecule has 0 fully saturated rings. The van der Waals surface area contributed by atoms with Gasteiger partial charge in [0, 0.05) is 17.5 Å². The molecular formula is C18H15N3O15S4. The van der Waals surface area contributed by atoms with Crippen molar-refractivity contribution >= 4 is 68.3 Å². The molecule has 0 saturated carbocycles. The number of azo groups is 1. The molecule has 0 atom stereocenters. The molecule has 3 rings (SSSR count). The number of nitrogens with zero attached hydrogens (tertiary/aromatic N) is 3. The van der Waals surface area contributed by atoms with Crippen LogP contribution in [-0.2, 0) is 44.7 Å². The second-order valence-corrected chi connectivity index (χ2v) is 13.6. The van der Waals surface area contributed by atoms with E-state index >= 15 is 0 Å². The van der Waals surface area contributed by atoms with Crippen LogP contribution < -0.4 is 0 Å². The number of sulfone groups is 1. The third-order valence-electron chi connectivity index (χ3n) is 4.93. The third-order valence-corrected chi connectivity index (χ3v) is 8.82. The van der Waals surface area contributed by atoms with Crippen molar-refractivity contribution in [3.8, 4) is 5.75 Å². The molecule has 0 aliphatic heterocycles. The fourth-order valence-corrected chi connectivity index (χ4v) is 6.01. The number of rotatable bonds is 10. The standard InChI is InChI=1S/C18H15N3O15S4/c22-18-13-3-2-12(37(25,26)6-5-36-40(33,34)35)7-10(13)8-16(39(30,31)32)17(18)20-19-14-4-1-11(21(23)24)9-15(14)38(27,28)29/h1-4,7-9,22H,5-6H2,(H,27,28,29)(H,30,31,32)(H,33,34,35). The normalized spacial score (nSPS) is 13.2. The summed E-state index contributed by atoms with van der Waals surface area (Å²) >= 11 is 0. The minimum atomic E-state index is -5.22. The van der Waals surface area contributed by atoms with Crippen molar-refractivity contribution in [1.82, 2.24) is 0 Å². The largest absolute Gasteiger partial charge is 0.505 e. The monoisotopic (exact) mass is 641 g/mol. The number of phenolic OH excluding ortho intramolecular Hbond substituents is 1.